The van der Waals surface area contributed by atoms with Gasteiger partial charge in [-0.15, -0.1) is 0 Å². The van der Waals surface area contributed by atoms with Gasteiger partial charge in [-0.1, -0.05) is 6.92 Å². The molecule has 25 heavy (non-hydrogen) atoms. The van der Waals surface area contributed by atoms with E-state index in [1.807, 2.05) is 4.90 Å². The van der Waals surface area contributed by atoms with Crippen molar-refractivity contribution in [1.29, 1.82) is 0 Å². The molecule has 2 unspecified atom stereocenters. The number of nitrogens with zero attached hydrogens (tertiary/aromatic N) is 1. The molecule has 2 atom stereocenters. The third-order valence-corrected chi connectivity index (χ3v) is 5.66. The van der Waals surface area contributed by atoms with Crippen LogP contribution in [-0.2, 0) is 19.4 Å². The molecule has 0 aliphatic carbocycles. The number of ether oxygens (including phenoxy) is 1. The summed E-state index contributed by atoms with van der Waals surface area (Å²) in [6, 6.07) is 5.71. The van der Waals surface area contributed by atoms with E-state index in [1.165, 1.54) is 24.3 Å². The minimum absolute atomic E-state index is 0.132. The first-order valence-corrected chi connectivity index (χ1v) is 10.4. The zero-order valence-corrected chi connectivity index (χ0v) is 15.7. The molecule has 1 fully saturated rings. The van der Waals surface area contributed by atoms with Crippen molar-refractivity contribution in [2.45, 2.75) is 56.6 Å². The van der Waals surface area contributed by atoms with Gasteiger partial charge in [-0.25, -0.2) is 13.2 Å². The highest BCUT2D eigenvalue weighted by molar-refractivity contribution is 7.90. The Balaban J connectivity index is 2.02. The van der Waals surface area contributed by atoms with Crippen molar-refractivity contribution < 1.29 is 22.7 Å². The lowest BCUT2D eigenvalue weighted by molar-refractivity contribution is -0.143. The maximum atomic E-state index is 12.6. The summed E-state index contributed by atoms with van der Waals surface area (Å²) in [5.41, 5.74) is 0.220. The largest absolute Gasteiger partial charge is 0.449 e. The summed E-state index contributed by atoms with van der Waals surface area (Å²) in [6.07, 6.45) is 4.19. The molecular formula is C18H25NO5S. The molecule has 1 amide bonds. The molecule has 6 nitrogen and oxygen atoms in total. The van der Waals surface area contributed by atoms with Crippen molar-refractivity contribution in [3.63, 3.8) is 0 Å². The van der Waals surface area contributed by atoms with Gasteiger partial charge in [-0.3, -0.25) is 4.79 Å². The molecule has 0 aromatic heterocycles. The Hall–Kier alpha value is -1.89. The Kier molecular flexibility index (Phi) is 6.21. The van der Waals surface area contributed by atoms with Gasteiger partial charge in [0.15, 0.2) is 15.9 Å². The fraction of sp³-hybridized carbons (Fsp3) is 0.556. The number of sulfone groups is 1. The molecule has 7 heteroatoms. The molecule has 1 saturated heterocycles. The Morgan fingerprint density at radius 3 is 2.44 bits per heavy atom. The number of esters is 1. The van der Waals surface area contributed by atoms with E-state index in [0.717, 1.165) is 31.9 Å². The second-order valence-electron chi connectivity index (χ2n) is 6.43. The van der Waals surface area contributed by atoms with Gasteiger partial charge in [0, 0.05) is 18.8 Å². The van der Waals surface area contributed by atoms with E-state index in [4.69, 9.17) is 4.74 Å². The molecule has 2 rings (SSSR count). The van der Waals surface area contributed by atoms with Crippen LogP contribution in [0.3, 0.4) is 0 Å². The summed E-state index contributed by atoms with van der Waals surface area (Å²) in [6.45, 7) is 4.32. The summed E-state index contributed by atoms with van der Waals surface area (Å²) in [7, 11) is -3.32. The molecule has 0 N–H and O–H groups in total. The van der Waals surface area contributed by atoms with Crippen LogP contribution >= 0.6 is 0 Å². The fourth-order valence-corrected chi connectivity index (χ4v) is 3.70. The van der Waals surface area contributed by atoms with Crippen molar-refractivity contribution in [3.05, 3.63) is 29.8 Å². The van der Waals surface area contributed by atoms with Crippen LogP contribution in [0.25, 0.3) is 0 Å². The van der Waals surface area contributed by atoms with E-state index in [0.29, 0.717) is 6.54 Å². The van der Waals surface area contributed by atoms with Crippen LogP contribution in [0.4, 0.5) is 0 Å². The predicted octanol–water partition coefficient (Wildman–Crippen LogP) is 2.43. The molecule has 1 aromatic rings. The van der Waals surface area contributed by atoms with Gasteiger partial charge in [-0.05, 0) is 56.9 Å². The number of amides is 1. The van der Waals surface area contributed by atoms with Crippen LogP contribution in [0.2, 0.25) is 0 Å². The van der Waals surface area contributed by atoms with Crippen LogP contribution in [0.15, 0.2) is 29.2 Å². The van der Waals surface area contributed by atoms with Gasteiger partial charge in [0.05, 0.1) is 10.5 Å². The van der Waals surface area contributed by atoms with Crippen molar-refractivity contribution in [2.24, 2.45) is 0 Å². The maximum Gasteiger partial charge on any atom is 0.338 e. The van der Waals surface area contributed by atoms with Gasteiger partial charge in [-0.2, -0.15) is 0 Å². The first kappa shape index (κ1) is 19.4. The fourth-order valence-electron chi connectivity index (χ4n) is 3.07. The molecule has 1 aliphatic rings. The second kappa shape index (κ2) is 7.99. The molecule has 1 aliphatic heterocycles. The molecule has 0 spiro atoms. The molecule has 0 bridgehead atoms. The Morgan fingerprint density at radius 2 is 1.88 bits per heavy atom. The number of benzene rings is 1. The number of rotatable bonds is 5. The van der Waals surface area contributed by atoms with Gasteiger partial charge in [0.2, 0.25) is 0 Å². The molecular weight excluding hydrogens is 342 g/mol. The lowest BCUT2D eigenvalue weighted by atomic mass is 9.99. The van der Waals surface area contributed by atoms with E-state index < -0.39 is 21.9 Å². The van der Waals surface area contributed by atoms with Crippen LogP contribution in [0, 0.1) is 0 Å². The molecule has 1 aromatic carbocycles. The maximum absolute atomic E-state index is 12.6. The smallest absolute Gasteiger partial charge is 0.338 e. The number of piperidine rings is 1. The van der Waals surface area contributed by atoms with Gasteiger partial charge in [0.1, 0.15) is 0 Å². The lowest BCUT2D eigenvalue weighted by Crippen LogP contribution is -2.48. The number of likely N-dealkylation sites (tertiary alicyclic amines) is 1. The Labute approximate surface area is 149 Å². The summed E-state index contributed by atoms with van der Waals surface area (Å²) >= 11 is 0. The molecule has 0 radical (unpaired) electrons. The van der Waals surface area contributed by atoms with Crippen LogP contribution in [-0.4, -0.2) is 50.1 Å². The molecule has 1 heterocycles. The standard InChI is InChI=1S/C18H25NO5S/c1-4-15-7-5-6-12-19(15)17(20)13(2)24-18(21)14-8-10-16(11-9-14)25(3,22)23/h8-11,13,15H,4-7,12H2,1-3H3. The Bertz CT molecular complexity index is 726. The quantitative estimate of drug-likeness (QED) is 0.747. The normalized spacial score (nSPS) is 19.3. The van der Waals surface area contributed by atoms with Crippen LogP contribution < -0.4 is 0 Å². The molecule has 138 valence electrons. The van der Waals surface area contributed by atoms with Crippen molar-refractivity contribution in [2.75, 3.05) is 12.8 Å². The van der Waals surface area contributed by atoms with E-state index >= 15 is 0 Å². The zero-order chi connectivity index (χ0) is 18.6. The van der Waals surface area contributed by atoms with Gasteiger partial charge in [0.25, 0.3) is 5.91 Å². The van der Waals surface area contributed by atoms with Crippen molar-refractivity contribution in [3.8, 4) is 0 Å². The monoisotopic (exact) mass is 367 g/mol. The predicted molar refractivity (Wildman–Crippen MR) is 94.1 cm³/mol. The van der Waals surface area contributed by atoms with Crippen molar-refractivity contribution >= 4 is 21.7 Å². The van der Waals surface area contributed by atoms with E-state index in [1.54, 1.807) is 6.92 Å². The average Bonchev–Trinajstić information content (AvgIpc) is 2.60. The first-order valence-electron chi connectivity index (χ1n) is 8.55. The lowest BCUT2D eigenvalue weighted by Gasteiger charge is -2.36. The minimum Gasteiger partial charge on any atom is -0.449 e. The third-order valence-electron chi connectivity index (χ3n) is 4.53. The summed E-state index contributed by atoms with van der Waals surface area (Å²) in [5, 5.41) is 0. The highest BCUT2D eigenvalue weighted by Gasteiger charge is 2.30. The van der Waals surface area contributed by atoms with E-state index in [2.05, 4.69) is 6.92 Å². The summed E-state index contributed by atoms with van der Waals surface area (Å²) in [5.74, 6) is -0.807. The second-order valence-corrected chi connectivity index (χ2v) is 8.45. The SMILES string of the molecule is CCC1CCCCN1C(=O)C(C)OC(=O)c1ccc(S(C)(=O)=O)cc1. The topological polar surface area (TPSA) is 80.8 Å². The highest BCUT2D eigenvalue weighted by Crippen LogP contribution is 2.21. The third kappa shape index (κ3) is 4.81. The molecule has 0 saturated carbocycles. The highest BCUT2D eigenvalue weighted by atomic mass is 32.2. The van der Waals surface area contributed by atoms with Crippen molar-refractivity contribution in [1.82, 2.24) is 4.90 Å². The number of carbonyl (C=O) groups excluding carboxylic acids is 2. The minimum atomic E-state index is -3.32. The number of hydrogen-bond acceptors (Lipinski definition) is 5. The number of hydrogen-bond donors (Lipinski definition) is 0. The summed E-state index contributed by atoms with van der Waals surface area (Å²) < 4.78 is 28.2. The number of carbonyl (C=O) groups is 2. The van der Waals surface area contributed by atoms with Crippen LogP contribution in [0.5, 0.6) is 0 Å². The summed E-state index contributed by atoms with van der Waals surface area (Å²) in [4.78, 5) is 26.7. The van der Waals surface area contributed by atoms with E-state index in [9.17, 15) is 18.0 Å². The zero-order valence-electron chi connectivity index (χ0n) is 14.9. The Morgan fingerprint density at radius 1 is 1.24 bits per heavy atom. The first-order chi connectivity index (χ1) is 11.7. The van der Waals surface area contributed by atoms with Gasteiger partial charge < -0.3 is 9.64 Å². The van der Waals surface area contributed by atoms with Gasteiger partial charge >= 0.3 is 5.97 Å². The van der Waals surface area contributed by atoms with E-state index in [-0.39, 0.29) is 22.4 Å². The average molecular weight is 367 g/mol. The van der Waals surface area contributed by atoms with Crippen LogP contribution in [0.1, 0.15) is 49.9 Å².